The molecule has 3 fully saturated rings. The molecule has 1 N–H and O–H groups in total. The topological polar surface area (TPSA) is 106 Å². The zero-order valence-corrected chi connectivity index (χ0v) is 15.5. The molecule has 2 bridgehead atoms. The van der Waals surface area contributed by atoms with Crippen LogP contribution in [0.25, 0.3) is 0 Å². The largest absolute Gasteiger partial charge is 0.370 e. The summed E-state index contributed by atoms with van der Waals surface area (Å²) in [5.74, 6) is 0.00418. The summed E-state index contributed by atoms with van der Waals surface area (Å²) in [5, 5.41) is 0. The van der Waals surface area contributed by atoms with Gasteiger partial charge in [-0.3, -0.25) is 4.98 Å². The van der Waals surface area contributed by atoms with Crippen molar-refractivity contribution < 1.29 is 21.6 Å². The van der Waals surface area contributed by atoms with E-state index in [0.29, 0.717) is 13.1 Å². The number of nitrogens with one attached hydrogen (secondary N) is 1. The van der Waals surface area contributed by atoms with Crippen LogP contribution in [0.5, 0.6) is 0 Å². The monoisotopic (exact) mass is 387 g/mol. The summed E-state index contributed by atoms with van der Waals surface area (Å²) in [6.07, 6.45) is 5.67. The Balaban J connectivity index is 1.58. The summed E-state index contributed by atoms with van der Waals surface area (Å²) < 4.78 is 58.8. The minimum Gasteiger partial charge on any atom is -0.370 e. The molecule has 8 nitrogen and oxygen atoms in total. The summed E-state index contributed by atoms with van der Waals surface area (Å²) in [5.41, 5.74) is -0.482. The Labute approximate surface area is 147 Å². The highest BCUT2D eigenvalue weighted by Gasteiger charge is 2.64. The fourth-order valence-corrected chi connectivity index (χ4v) is 6.48. The van der Waals surface area contributed by atoms with E-state index in [9.17, 15) is 16.8 Å². The van der Waals surface area contributed by atoms with Gasteiger partial charge in [0.05, 0.1) is 18.0 Å². The van der Waals surface area contributed by atoms with Gasteiger partial charge in [-0.25, -0.2) is 21.6 Å². The maximum atomic E-state index is 12.9. The van der Waals surface area contributed by atoms with Gasteiger partial charge in [0.2, 0.25) is 20.0 Å². The van der Waals surface area contributed by atoms with Crippen molar-refractivity contribution in [3.05, 3.63) is 24.5 Å². The second-order valence-electron chi connectivity index (χ2n) is 7.14. The Bertz CT molecular complexity index is 874. The highest BCUT2D eigenvalue weighted by Crippen LogP contribution is 2.55. The van der Waals surface area contributed by atoms with E-state index in [1.54, 1.807) is 6.07 Å². The molecule has 138 valence electrons. The predicted octanol–water partition coefficient (Wildman–Crippen LogP) is -0.201. The third-order valence-electron chi connectivity index (χ3n) is 5.61. The molecule has 0 aliphatic carbocycles. The minimum absolute atomic E-state index is 0.00225. The molecule has 3 aliphatic heterocycles. The maximum absolute atomic E-state index is 12.9. The van der Waals surface area contributed by atoms with E-state index in [0.717, 1.165) is 19.1 Å². The first-order valence-electron chi connectivity index (χ1n) is 8.24. The van der Waals surface area contributed by atoms with Crippen LogP contribution in [-0.2, 0) is 24.8 Å². The molecule has 10 heteroatoms. The van der Waals surface area contributed by atoms with Gasteiger partial charge in [-0.15, -0.1) is 0 Å². The predicted molar refractivity (Wildman–Crippen MR) is 89.7 cm³/mol. The minimum atomic E-state index is -3.63. The van der Waals surface area contributed by atoms with Crippen LogP contribution in [0.2, 0.25) is 0 Å². The number of hydrogen-bond acceptors (Lipinski definition) is 6. The third-order valence-corrected chi connectivity index (χ3v) is 8.09. The van der Waals surface area contributed by atoms with Gasteiger partial charge < -0.3 is 4.74 Å². The summed E-state index contributed by atoms with van der Waals surface area (Å²) in [7, 11) is -6.92. The van der Waals surface area contributed by atoms with E-state index in [1.165, 1.54) is 22.8 Å². The third kappa shape index (κ3) is 2.89. The Morgan fingerprint density at radius 3 is 2.88 bits per heavy atom. The van der Waals surface area contributed by atoms with Crippen molar-refractivity contribution in [3.8, 4) is 0 Å². The lowest BCUT2D eigenvalue weighted by Gasteiger charge is -2.29. The summed E-state index contributed by atoms with van der Waals surface area (Å²) in [6.45, 7) is 0.960. The average Bonchev–Trinajstić information content (AvgIpc) is 3.21. The van der Waals surface area contributed by atoms with Gasteiger partial charge >= 0.3 is 0 Å². The zero-order valence-electron chi connectivity index (χ0n) is 13.8. The number of pyridine rings is 1. The molecule has 1 aromatic heterocycles. The van der Waals surface area contributed by atoms with E-state index < -0.39 is 25.6 Å². The van der Waals surface area contributed by atoms with Crippen molar-refractivity contribution in [1.29, 1.82) is 0 Å². The Hall–Kier alpha value is -1.07. The molecule has 4 heterocycles. The van der Waals surface area contributed by atoms with Gasteiger partial charge in [0.25, 0.3) is 0 Å². The van der Waals surface area contributed by atoms with Gasteiger partial charge in [0.1, 0.15) is 4.90 Å². The molecule has 3 aliphatic rings. The quantitative estimate of drug-likeness (QED) is 0.750. The smallest absolute Gasteiger partial charge is 0.244 e. The highest BCUT2D eigenvalue weighted by molar-refractivity contribution is 7.89. The maximum Gasteiger partial charge on any atom is 0.244 e. The van der Waals surface area contributed by atoms with E-state index in [4.69, 9.17) is 4.74 Å². The molecule has 0 radical (unpaired) electrons. The summed E-state index contributed by atoms with van der Waals surface area (Å²) in [6, 6.07) is 3.14. The molecule has 0 aromatic carbocycles. The number of fused-ring (bicyclic) bond motifs is 1. The molecule has 25 heavy (non-hydrogen) atoms. The molecule has 1 spiro atoms. The van der Waals surface area contributed by atoms with Gasteiger partial charge in [-0.1, -0.05) is 0 Å². The number of rotatable bonds is 5. The highest BCUT2D eigenvalue weighted by atomic mass is 32.2. The van der Waals surface area contributed by atoms with Crippen molar-refractivity contribution in [1.82, 2.24) is 14.0 Å². The second-order valence-corrected chi connectivity index (χ2v) is 10.9. The van der Waals surface area contributed by atoms with Crippen LogP contribution in [-0.4, -0.2) is 63.7 Å². The van der Waals surface area contributed by atoms with Gasteiger partial charge in [0.15, 0.2) is 0 Å². The number of nitrogens with zero attached hydrogens (tertiary/aromatic N) is 2. The zero-order chi connectivity index (χ0) is 17.9. The molecular formula is C15H21N3O5S2. The second kappa shape index (κ2) is 5.71. The molecule has 0 saturated carbocycles. The van der Waals surface area contributed by atoms with E-state index in [-0.39, 0.29) is 29.4 Å². The number of sulfonamides is 2. The number of ether oxygens (including phenoxy) is 1. The van der Waals surface area contributed by atoms with Crippen LogP contribution < -0.4 is 4.72 Å². The summed E-state index contributed by atoms with van der Waals surface area (Å²) >= 11 is 0. The molecule has 0 amide bonds. The Kier molecular flexibility index (Phi) is 3.97. The molecule has 3 saturated heterocycles. The van der Waals surface area contributed by atoms with Crippen molar-refractivity contribution in [3.63, 3.8) is 0 Å². The van der Waals surface area contributed by atoms with Crippen LogP contribution in [0.1, 0.15) is 12.8 Å². The van der Waals surface area contributed by atoms with Crippen LogP contribution in [0.15, 0.2) is 29.4 Å². The van der Waals surface area contributed by atoms with Gasteiger partial charge in [-0.05, 0) is 25.0 Å². The molecule has 0 unspecified atom stereocenters. The van der Waals surface area contributed by atoms with Crippen molar-refractivity contribution in [2.45, 2.75) is 29.4 Å². The SMILES string of the molecule is CS(=O)(=O)NC[C@H]1[C@H]2CN(S(=O)(=O)c3cccnc3)C[C@]23CC[C@H]1O3. The van der Waals surface area contributed by atoms with Crippen LogP contribution in [0.3, 0.4) is 0 Å². The first-order valence-corrected chi connectivity index (χ1v) is 11.6. The van der Waals surface area contributed by atoms with Crippen molar-refractivity contribution in [2.75, 3.05) is 25.9 Å². The van der Waals surface area contributed by atoms with Crippen LogP contribution in [0.4, 0.5) is 0 Å². The van der Waals surface area contributed by atoms with Crippen LogP contribution >= 0.6 is 0 Å². The fourth-order valence-electron chi connectivity index (χ4n) is 4.50. The standard InChI is InChI=1S/C15H21N3O5S2/c1-24(19,20)17-8-12-13-9-18(10-15(13)5-4-14(12)23-15)25(21,22)11-3-2-6-16-7-11/h2-3,6-7,12-14,17H,4-5,8-10H2,1H3/t12-,13+,14+,15+/m0/s1. The number of aromatic nitrogens is 1. The van der Waals surface area contributed by atoms with Gasteiger partial charge in [0, 0.05) is 43.9 Å². The van der Waals surface area contributed by atoms with E-state index in [1.807, 2.05) is 0 Å². The molecular weight excluding hydrogens is 366 g/mol. The first-order chi connectivity index (χ1) is 11.7. The van der Waals surface area contributed by atoms with Crippen LogP contribution in [0, 0.1) is 11.8 Å². The fraction of sp³-hybridized carbons (Fsp3) is 0.667. The Morgan fingerprint density at radius 2 is 2.20 bits per heavy atom. The lowest BCUT2D eigenvalue weighted by atomic mass is 9.74. The van der Waals surface area contributed by atoms with E-state index in [2.05, 4.69) is 9.71 Å². The molecule has 4 rings (SSSR count). The molecule has 4 atom stereocenters. The average molecular weight is 387 g/mol. The van der Waals surface area contributed by atoms with Gasteiger partial charge in [-0.2, -0.15) is 4.31 Å². The lowest BCUT2D eigenvalue weighted by molar-refractivity contribution is 0.00804. The first kappa shape index (κ1) is 17.3. The normalized spacial score (nSPS) is 35.2. The number of hydrogen-bond donors (Lipinski definition) is 1. The Morgan fingerprint density at radius 1 is 1.40 bits per heavy atom. The molecule has 1 aromatic rings. The van der Waals surface area contributed by atoms with E-state index >= 15 is 0 Å². The van der Waals surface area contributed by atoms with Crippen molar-refractivity contribution >= 4 is 20.0 Å². The summed E-state index contributed by atoms with van der Waals surface area (Å²) in [4.78, 5) is 4.07. The van der Waals surface area contributed by atoms with Crippen molar-refractivity contribution in [2.24, 2.45) is 11.8 Å². The lowest BCUT2D eigenvalue weighted by Crippen LogP contribution is -2.41.